The fraction of sp³-hybridized carbons (Fsp3) is 0.308. The van der Waals surface area contributed by atoms with Crippen molar-refractivity contribution < 1.29 is 4.39 Å². The van der Waals surface area contributed by atoms with E-state index in [4.69, 9.17) is 23.2 Å². The molecule has 1 aromatic heterocycles. The van der Waals surface area contributed by atoms with Crippen LogP contribution in [0.1, 0.15) is 18.5 Å². The highest BCUT2D eigenvalue weighted by molar-refractivity contribution is 6.35. The van der Waals surface area contributed by atoms with Gasteiger partial charge in [-0.2, -0.15) is 5.10 Å². The molecular formula is C13H12Cl2FN3. The first-order chi connectivity index (χ1) is 9.13. The molecule has 6 heteroatoms. The molecule has 19 heavy (non-hydrogen) atoms. The van der Waals surface area contributed by atoms with Crippen LogP contribution in [0, 0.1) is 5.82 Å². The SMILES string of the molecule is Fc1c(Cl)cc(-n2ccc(CNC3CC3)n2)cc1Cl. The van der Waals surface area contributed by atoms with E-state index in [1.54, 1.807) is 4.68 Å². The van der Waals surface area contributed by atoms with Crippen molar-refractivity contribution >= 4 is 23.2 Å². The minimum Gasteiger partial charge on any atom is -0.308 e. The quantitative estimate of drug-likeness (QED) is 0.875. The predicted molar refractivity (Wildman–Crippen MR) is 73.4 cm³/mol. The van der Waals surface area contributed by atoms with E-state index in [-0.39, 0.29) is 10.0 Å². The molecule has 0 radical (unpaired) electrons. The van der Waals surface area contributed by atoms with Crippen molar-refractivity contribution in [2.24, 2.45) is 0 Å². The number of rotatable bonds is 4. The highest BCUT2D eigenvalue weighted by Crippen LogP contribution is 2.26. The van der Waals surface area contributed by atoms with Crippen LogP contribution in [0.3, 0.4) is 0 Å². The molecule has 3 nitrogen and oxygen atoms in total. The van der Waals surface area contributed by atoms with E-state index >= 15 is 0 Å². The minimum atomic E-state index is -0.602. The van der Waals surface area contributed by atoms with Gasteiger partial charge < -0.3 is 5.32 Å². The van der Waals surface area contributed by atoms with Crippen molar-refractivity contribution in [3.8, 4) is 5.69 Å². The average molecular weight is 300 g/mol. The van der Waals surface area contributed by atoms with E-state index in [1.165, 1.54) is 25.0 Å². The lowest BCUT2D eigenvalue weighted by Gasteiger charge is -2.05. The van der Waals surface area contributed by atoms with E-state index in [0.29, 0.717) is 11.7 Å². The van der Waals surface area contributed by atoms with Crippen molar-refractivity contribution in [1.29, 1.82) is 0 Å². The number of aromatic nitrogens is 2. The lowest BCUT2D eigenvalue weighted by molar-refractivity contribution is 0.627. The molecule has 0 atom stereocenters. The molecule has 1 fully saturated rings. The molecule has 1 aliphatic carbocycles. The van der Waals surface area contributed by atoms with Gasteiger partial charge in [0, 0.05) is 18.8 Å². The van der Waals surface area contributed by atoms with Gasteiger partial charge in [0.05, 0.1) is 21.4 Å². The Bertz CT molecular complexity index is 585. The molecule has 0 bridgehead atoms. The summed E-state index contributed by atoms with van der Waals surface area (Å²) in [5.74, 6) is -0.602. The highest BCUT2D eigenvalue weighted by Gasteiger charge is 2.20. The fourth-order valence-corrected chi connectivity index (χ4v) is 2.29. The number of nitrogens with zero attached hydrogens (tertiary/aromatic N) is 2. The maximum absolute atomic E-state index is 13.3. The molecule has 2 aromatic rings. The Hall–Kier alpha value is -1.10. The Morgan fingerprint density at radius 3 is 2.63 bits per heavy atom. The number of benzene rings is 1. The maximum atomic E-state index is 13.3. The third kappa shape index (κ3) is 2.91. The second-order valence-corrected chi connectivity index (χ2v) is 5.44. The zero-order valence-corrected chi connectivity index (χ0v) is 11.5. The van der Waals surface area contributed by atoms with Crippen LogP contribution in [0.25, 0.3) is 5.69 Å². The van der Waals surface area contributed by atoms with Gasteiger partial charge in [0.25, 0.3) is 0 Å². The maximum Gasteiger partial charge on any atom is 0.160 e. The summed E-state index contributed by atoms with van der Waals surface area (Å²) in [5.41, 5.74) is 1.58. The van der Waals surface area contributed by atoms with Crippen LogP contribution in [0.4, 0.5) is 4.39 Å². The van der Waals surface area contributed by atoms with Crippen LogP contribution in [-0.4, -0.2) is 15.8 Å². The van der Waals surface area contributed by atoms with Crippen molar-refractivity contribution in [1.82, 2.24) is 15.1 Å². The van der Waals surface area contributed by atoms with Gasteiger partial charge in [-0.1, -0.05) is 23.2 Å². The first-order valence-electron chi connectivity index (χ1n) is 6.06. The number of hydrogen-bond acceptors (Lipinski definition) is 2. The molecule has 0 saturated heterocycles. The van der Waals surface area contributed by atoms with Crippen molar-refractivity contribution in [2.75, 3.05) is 0 Å². The van der Waals surface area contributed by atoms with Crippen molar-refractivity contribution in [2.45, 2.75) is 25.4 Å². The summed E-state index contributed by atoms with van der Waals surface area (Å²) in [6.07, 6.45) is 4.29. The first-order valence-corrected chi connectivity index (χ1v) is 6.82. The van der Waals surface area contributed by atoms with E-state index in [0.717, 1.165) is 12.2 Å². The standard InChI is InChI=1S/C13H12Cl2FN3/c14-11-5-10(6-12(15)13(11)16)19-4-3-9(18-19)7-17-8-1-2-8/h3-6,8,17H,1-2,7H2. The Balaban J connectivity index is 1.81. The van der Waals surface area contributed by atoms with Gasteiger partial charge in [0.1, 0.15) is 0 Å². The lowest BCUT2D eigenvalue weighted by atomic mass is 10.3. The van der Waals surface area contributed by atoms with Crippen molar-refractivity contribution in [3.05, 3.63) is 46.0 Å². The highest BCUT2D eigenvalue weighted by atomic mass is 35.5. The second kappa shape index (κ2) is 5.12. The van der Waals surface area contributed by atoms with Crippen molar-refractivity contribution in [3.63, 3.8) is 0 Å². The molecule has 0 aliphatic heterocycles. The van der Waals surface area contributed by atoms with E-state index < -0.39 is 5.82 Å². The van der Waals surface area contributed by atoms with E-state index in [1.807, 2.05) is 12.3 Å². The summed E-state index contributed by atoms with van der Waals surface area (Å²) < 4.78 is 15.0. The van der Waals surface area contributed by atoms with Crippen LogP contribution in [0.2, 0.25) is 10.0 Å². The van der Waals surface area contributed by atoms with Crippen LogP contribution in [0.15, 0.2) is 24.4 Å². The zero-order chi connectivity index (χ0) is 13.4. The Kier molecular flexibility index (Phi) is 3.48. The summed E-state index contributed by atoms with van der Waals surface area (Å²) in [7, 11) is 0. The van der Waals surface area contributed by atoms with Gasteiger partial charge in [-0.05, 0) is 31.0 Å². The molecule has 3 rings (SSSR count). The van der Waals surface area contributed by atoms with Gasteiger partial charge in [-0.15, -0.1) is 0 Å². The van der Waals surface area contributed by atoms with Crippen LogP contribution < -0.4 is 5.32 Å². The summed E-state index contributed by atoms with van der Waals surface area (Å²) in [5, 5.41) is 7.78. The number of nitrogens with one attached hydrogen (secondary N) is 1. The Morgan fingerprint density at radius 2 is 2.00 bits per heavy atom. The summed E-state index contributed by atoms with van der Waals surface area (Å²) in [6.45, 7) is 0.736. The first kappa shape index (κ1) is 12.9. The normalized spacial score (nSPS) is 14.9. The smallest absolute Gasteiger partial charge is 0.160 e. The molecule has 0 unspecified atom stereocenters. The van der Waals surface area contributed by atoms with Gasteiger partial charge in [0.2, 0.25) is 0 Å². The summed E-state index contributed by atoms with van der Waals surface area (Å²) in [4.78, 5) is 0. The molecule has 1 N–H and O–H groups in total. The Morgan fingerprint density at radius 1 is 1.32 bits per heavy atom. The van der Waals surface area contributed by atoms with Gasteiger partial charge >= 0.3 is 0 Å². The molecule has 1 aliphatic rings. The third-order valence-electron chi connectivity index (χ3n) is 3.03. The fourth-order valence-electron chi connectivity index (χ4n) is 1.81. The average Bonchev–Trinajstić information content (AvgIpc) is 3.10. The van der Waals surface area contributed by atoms with Crippen LogP contribution in [-0.2, 0) is 6.54 Å². The topological polar surface area (TPSA) is 29.9 Å². The van der Waals surface area contributed by atoms with Gasteiger partial charge in [-0.3, -0.25) is 0 Å². The summed E-state index contributed by atoms with van der Waals surface area (Å²) in [6, 6.07) is 5.57. The number of halogens is 3. The lowest BCUT2D eigenvalue weighted by Crippen LogP contribution is -2.15. The van der Waals surface area contributed by atoms with Crippen LogP contribution in [0.5, 0.6) is 0 Å². The zero-order valence-electron chi connectivity index (χ0n) is 10.0. The molecule has 1 heterocycles. The second-order valence-electron chi connectivity index (χ2n) is 4.63. The number of hydrogen-bond donors (Lipinski definition) is 1. The van der Waals surface area contributed by atoms with Crippen LogP contribution >= 0.6 is 23.2 Å². The summed E-state index contributed by atoms with van der Waals surface area (Å²) >= 11 is 11.5. The third-order valence-corrected chi connectivity index (χ3v) is 3.58. The monoisotopic (exact) mass is 299 g/mol. The van der Waals surface area contributed by atoms with Gasteiger partial charge in [-0.25, -0.2) is 9.07 Å². The van der Waals surface area contributed by atoms with Gasteiger partial charge in [0.15, 0.2) is 5.82 Å². The molecular weight excluding hydrogens is 288 g/mol. The minimum absolute atomic E-state index is 0.00402. The molecule has 100 valence electrons. The molecule has 0 spiro atoms. The largest absolute Gasteiger partial charge is 0.308 e. The van der Waals surface area contributed by atoms with E-state index in [2.05, 4.69) is 10.4 Å². The molecule has 0 amide bonds. The molecule has 1 saturated carbocycles. The predicted octanol–water partition coefficient (Wildman–Crippen LogP) is 3.57. The molecule has 1 aromatic carbocycles. The van der Waals surface area contributed by atoms with E-state index in [9.17, 15) is 4.39 Å². The Labute approximate surface area is 120 Å².